The number of aromatic nitrogens is 2. The number of rotatable bonds is 2. The number of benzene rings is 1. The zero-order valence-electron chi connectivity index (χ0n) is 7.58. The summed E-state index contributed by atoms with van der Waals surface area (Å²) in [6, 6.07) is 3.06. The summed E-state index contributed by atoms with van der Waals surface area (Å²) in [5, 5.41) is 2.17. The summed E-state index contributed by atoms with van der Waals surface area (Å²) < 4.78 is 32.0. The molecule has 0 fully saturated rings. The van der Waals surface area contributed by atoms with E-state index < -0.39 is 12.3 Å². The van der Waals surface area contributed by atoms with Crippen LogP contribution in [-0.4, -0.2) is 21.1 Å². The van der Waals surface area contributed by atoms with Crippen LogP contribution >= 0.6 is 23.3 Å². The number of hydrogen-bond donors (Lipinski definition) is 1. The molecule has 4 nitrogen and oxygen atoms in total. The highest BCUT2D eigenvalue weighted by atomic mass is 35.5. The number of amides is 1. The topological polar surface area (TPSA) is 54.9 Å². The molecule has 0 bridgehead atoms. The molecular formula is C8H4ClF2N3OS. The number of halogens is 3. The molecule has 0 saturated heterocycles. The molecule has 2 rings (SSSR count). The van der Waals surface area contributed by atoms with Crippen molar-refractivity contribution in [2.24, 2.45) is 0 Å². The third kappa shape index (κ3) is 1.96. The smallest absolute Gasteiger partial charge is 0.315 e. The minimum atomic E-state index is -3.10. The fraction of sp³-hybridized carbons (Fsp3) is 0.125. The van der Waals surface area contributed by atoms with E-state index in [9.17, 15) is 13.6 Å². The van der Waals surface area contributed by atoms with E-state index in [0.29, 0.717) is 11.0 Å². The van der Waals surface area contributed by atoms with E-state index >= 15 is 0 Å². The second-order valence-electron chi connectivity index (χ2n) is 2.84. The highest BCUT2D eigenvalue weighted by Gasteiger charge is 2.19. The van der Waals surface area contributed by atoms with Crippen molar-refractivity contribution in [1.29, 1.82) is 0 Å². The van der Waals surface area contributed by atoms with E-state index in [0.717, 1.165) is 11.7 Å². The Morgan fingerprint density at radius 2 is 2.19 bits per heavy atom. The molecule has 84 valence electrons. The maximum absolute atomic E-state index is 12.1. The van der Waals surface area contributed by atoms with Gasteiger partial charge in [0.2, 0.25) is 0 Å². The van der Waals surface area contributed by atoms with Gasteiger partial charge in [-0.1, -0.05) is 11.6 Å². The summed E-state index contributed by atoms with van der Waals surface area (Å²) >= 11 is 6.70. The Bertz CT molecular complexity index is 545. The molecule has 8 heteroatoms. The summed E-state index contributed by atoms with van der Waals surface area (Å²) in [5.74, 6) is -1.41. The molecular weight excluding hydrogens is 260 g/mol. The first-order chi connectivity index (χ1) is 7.59. The van der Waals surface area contributed by atoms with Crippen molar-refractivity contribution in [1.82, 2.24) is 8.75 Å². The van der Waals surface area contributed by atoms with Gasteiger partial charge in [0.05, 0.1) is 22.4 Å². The number of carbonyl (C=O) groups is 1. The Morgan fingerprint density at radius 3 is 2.88 bits per heavy atom. The van der Waals surface area contributed by atoms with Crippen LogP contribution in [0.15, 0.2) is 12.1 Å². The van der Waals surface area contributed by atoms with Gasteiger partial charge in [0.15, 0.2) is 0 Å². The number of anilines is 1. The van der Waals surface area contributed by atoms with Crippen molar-refractivity contribution in [3.05, 3.63) is 17.2 Å². The van der Waals surface area contributed by atoms with E-state index in [1.165, 1.54) is 6.07 Å². The van der Waals surface area contributed by atoms with Crippen molar-refractivity contribution in [3.63, 3.8) is 0 Å². The number of alkyl halides is 2. The number of hydrogen-bond acceptors (Lipinski definition) is 4. The van der Waals surface area contributed by atoms with Gasteiger partial charge in [-0.2, -0.15) is 17.5 Å². The van der Waals surface area contributed by atoms with E-state index in [4.69, 9.17) is 11.6 Å². The standard InChI is InChI=1S/C8H4ClF2N3OS/c9-3-1-2-4-6(14-16-13-4)5(3)12-8(15)7(10)11/h1-2,7H,(H,12,15). The Morgan fingerprint density at radius 1 is 1.44 bits per heavy atom. The second kappa shape index (κ2) is 4.26. The Labute approximate surface area is 97.6 Å². The van der Waals surface area contributed by atoms with Crippen LogP contribution in [0, 0.1) is 0 Å². The van der Waals surface area contributed by atoms with E-state index in [1.807, 2.05) is 5.32 Å². The highest BCUT2D eigenvalue weighted by molar-refractivity contribution is 7.00. The van der Waals surface area contributed by atoms with Gasteiger partial charge in [-0.15, -0.1) is 0 Å². The van der Waals surface area contributed by atoms with Crippen LogP contribution in [0.3, 0.4) is 0 Å². The third-order valence-corrected chi connectivity index (χ3v) is 2.68. The molecule has 1 amide bonds. The van der Waals surface area contributed by atoms with E-state index in [1.54, 1.807) is 6.07 Å². The SMILES string of the molecule is O=C(Nc1c(Cl)ccc2nsnc12)C(F)F. The van der Waals surface area contributed by atoms with Gasteiger partial charge in [-0.05, 0) is 12.1 Å². The van der Waals surface area contributed by atoms with Crippen LogP contribution in [0.2, 0.25) is 5.02 Å². The average Bonchev–Trinajstić information content (AvgIpc) is 2.70. The third-order valence-electron chi connectivity index (χ3n) is 1.82. The molecule has 16 heavy (non-hydrogen) atoms. The summed E-state index contributed by atoms with van der Waals surface area (Å²) in [6.07, 6.45) is -3.10. The monoisotopic (exact) mass is 263 g/mol. The summed E-state index contributed by atoms with van der Waals surface area (Å²) in [5.41, 5.74) is 0.878. The largest absolute Gasteiger partial charge is 0.318 e. The Kier molecular flexibility index (Phi) is 2.97. The van der Waals surface area contributed by atoms with Crippen molar-refractivity contribution < 1.29 is 13.6 Å². The van der Waals surface area contributed by atoms with Gasteiger partial charge < -0.3 is 5.32 Å². The first-order valence-electron chi connectivity index (χ1n) is 4.09. The van der Waals surface area contributed by atoms with Gasteiger partial charge in [0.25, 0.3) is 5.91 Å². The quantitative estimate of drug-likeness (QED) is 0.906. The number of carbonyl (C=O) groups excluding carboxylic acids is 1. The van der Waals surface area contributed by atoms with Crippen LogP contribution in [0.5, 0.6) is 0 Å². The number of nitrogens with one attached hydrogen (secondary N) is 1. The van der Waals surface area contributed by atoms with Crippen LogP contribution in [0.4, 0.5) is 14.5 Å². The van der Waals surface area contributed by atoms with Gasteiger partial charge in [-0.3, -0.25) is 4.79 Å². The lowest BCUT2D eigenvalue weighted by atomic mass is 10.2. The average molecular weight is 264 g/mol. The number of nitrogens with zero attached hydrogens (tertiary/aromatic N) is 2. The van der Waals surface area contributed by atoms with Crippen molar-refractivity contribution in [2.45, 2.75) is 6.43 Å². The minimum absolute atomic E-state index is 0.0678. The maximum atomic E-state index is 12.1. The lowest BCUT2D eigenvalue weighted by Gasteiger charge is -2.06. The molecule has 0 atom stereocenters. The zero-order chi connectivity index (χ0) is 11.7. The van der Waals surface area contributed by atoms with Gasteiger partial charge in [0.1, 0.15) is 11.0 Å². The Balaban J connectivity index is 2.46. The van der Waals surface area contributed by atoms with Crippen LogP contribution in [-0.2, 0) is 4.79 Å². The van der Waals surface area contributed by atoms with Crippen LogP contribution in [0.25, 0.3) is 11.0 Å². The molecule has 0 radical (unpaired) electrons. The fourth-order valence-corrected chi connectivity index (χ4v) is 1.87. The predicted octanol–water partition coefficient (Wildman–Crippen LogP) is 2.55. The molecule has 1 N–H and O–H groups in total. The van der Waals surface area contributed by atoms with Gasteiger partial charge >= 0.3 is 6.43 Å². The maximum Gasteiger partial charge on any atom is 0.315 e. The predicted molar refractivity (Wildman–Crippen MR) is 57.1 cm³/mol. The van der Waals surface area contributed by atoms with Crippen molar-refractivity contribution in [2.75, 3.05) is 5.32 Å². The first-order valence-corrected chi connectivity index (χ1v) is 5.20. The summed E-state index contributed by atoms with van der Waals surface area (Å²) in [7, 11) is 0. The molecule has 0 unspecified atom stereocenters. The van der Waals surface area contributed by atoms with Crippen molar-refractivity contribution >= 4 is 46.0 Å². The first kappa shape index (κ1) is 11.2. The molecule has 1 aromatic carbocycles. The van der Waals surface area contributed by atoms with Gasteiger partial charge in [-0.25, -0.2) is 0 Å². The molecule has 1 heterocycles. The fourth-order valence-electron chi connectivity index (χ4n) is 1.12. The summed E-state index contributed by atoms with van der Waals surface area (Å²) in [6.45, 7) is 0. The van der Waals surface area contributed by atoms with Crippen LogP contribution < -0.4 is 5.32 Å². The van der Waals surface area contributed by atoms with E-state index in [-0.39, 0.29) is 10.7 Å². The minimum Gasteiger partial charge on any atom is -0.318 e. The lowest BCUT2D eigenvalue weighted by Crippen LogP contribution is -2.20. The Hall–Kier alpha value is -1.34. The molecule has 0 spiro atoms. The zero-order valence-corrected chi connectivity index (χ0v) is 9.15. The molecule has 0 aliphatic heterocycles. The molecule has 0 aliphatic carbocycles. The number of fused-ring (bicyclic) bond motifs is 1. The second-order valence-corrected chi connectivity index (χ2v) is 3.78. The molecule has 0 aliphatic rings. The highest BCUT2D eigenvalue weighted by Crippen LogP contribution is 2.30. The van der Waals surface area contributed by atoms with Crippen molar-refractivity contribution in [3.8, 4) is 0 Å². The van der Waals surface area contributed by atoms with Crippen LogP contribution in [0.1, 0.15) is 0 Å². The van der Waals surface area contributed by atoms with Gasteiger partial charge in [0, 0.05) is 0 Å². The molecule has 1 aromatic heterocycles. The molecule has 0 saturated carbocycles. The van der Waals surface area contributed by atoms with E-state index in [2.05, 4.69) is 8.75 Å². The molecule has 2 aromatic rings. The normalized spacial score (nSPS) is 11.0. The summed E-state index contributed by atoms with van der Waals surface area (Å²) in [4.78, 5) is 10.9. The lowest BCUT2D eigenvalue weighted by molar-refractivity contribution is -0.126.